The Morgan fingerprint density at radius 1 is 1.10 bits per heavy atom. The van der Waals surface area contributed by atoms with E-state index in [9.17, 15) is 0 Å². The predicted octanol–water partition coefficient (Wildman–Crippen LogP) is 3.89. The average molecular weight is 285 g/mol. The largest absolute Gasteiger partial charge is 0.437 e. The van der Waals surface area contributed by atoms with Crippen molar-refractivity contribution in [3.05, 3.63) is 47.9 Å². The molecule has 2 rings (SSSR count). The van der Waals surface area contributed by atoms with Crippen molar-refractivity contribution in [1.82, 2.24) is 15.3 Å². The van der Waals surface area contributed by atoms with E-state index < -0.39 is 0 Å². The van der Waals surface area contributed by atoms with Gasteiger partial charge in [-0.2, -0.15) is 0 Å². The van der Waals surface area contributed by atoms with Gasteiger partial charge in [0, 0.05) is 18.8 Å². The number of para-hydroxylation sites is 1. The Bertz CT molecular complexity index is 582. The smallest absolute Gasteiger partial charge is 0.238 e. The first kappa shape index (κ1) is 15.4. The molecule has 4 heteroatoms. The van der Waals surface area contributed by atoms with E-state index >= 15 is 0 Å². The molecule has 1 heterocycles. The lowest BCUT2D eigenvalue weighted by atomic mass is 10.0. The van der Waals surface area contributed by atoms with Crippen molar-refractivity contribution in [2.75, 3.05) is 0 Å². The van der Waals surface area contributed by atoms with Gasteiger partial charge in [0.25, 0.3) is 0 Å². The molecule has 1 aromatic carbocycles. The van der Waals surface area contributed by atoms with Gasteiger partial charge in [-0.25, -0.2) is 4.98 Å². The Balaban J connectivity index is 2.15. The fourth-order valence-electron chi connectivity index (χ4n) is 1.99. The molecule has 1 N–H and O–H groups in total. The summed E-state index contributed by atoms with van der Waals surface area (Å²) in [6, 6.07) is 8.46. The quantitative estimate of drug-likeness (QED) is 0.874. The van der Waals surface area contributed by atoms with Crippen molar-refractivity contribution in [3.8, 4) is 11.6 Å². The van der Waals surface area contributed by atoms with Gasteiger partial charge in [0.1, 0.15) is 5.75 Å². The number of nitrogens with one attached hydrogen (secondary N) is 1. The molecule has 21 heavy (non-hydrogen) atoms. The van der Waals surface area contributed by atoms with E-state index in [0.29, 0.717) is 24.4 Å². The molecule has 0 fully saturated rings. The zero-order valence-corrected chi connectivity index (χ0v) is 13.1. The molecular formula is C17H23N3O. The summed E-state index contributed by atoms with van der Waals surface area (Å²) in [5, 5.41) is 3.32. The van der Waals surface area contributed by atoms with E-state index in [1.165, 1.54) is 5.56 Å². The fraction of sp³-hybridized carbons (Fsp3) is 0.412. The van der Waals surface area contributed by atoms with E-state index in [1.807, 2.05) is 18.2 Å². The Labute approximate surface area is 126 Å². The van der Waals surface area contributed by atoms with Crippen molar-refractivity contribution in [2.24, 2.45) is 0 Å². The minimum Gasteiger partial charge on any atom is -0.437 e. The summed E-state index contributed by atoms with van der Waals surface area (Å²) in [6.45, 7) is 9.20. The molecule has 1 aromatic heterocycles. The van der Waals surface area contributed by atoms with Crippen LogP contribution in [-0.4, -0.2) is 16.0 Å². The summed E-state index contributed by atoms with van der Waals surface area (Å²) in [7, 11) is 0. The van der Waals surface area contributed by atoms with E-state index in [4.69, 9.17) is 4.74 Å². The first-order chi connectivity index (χ1) is 10.1. The van der Waals surface area contributed by atoms with Gasteiger partial charge in [-0.15, -0.1) is 0 Å². The van der Waals surface area contributed by atoms with Gasteiger partial charge in [0.05, 0.1) is 11.9 Å². The number of benzene rings is 1. The second-order valence-electron chi connectivity index (χ2n) is 5.68. The third-order valence-electron chi connectivity index (χ3n) is 3.11. The lowest BCUT2D eigenvalue weighted by Gasteiger charge is -2.13. The summed E-state index contributed by atoms with van der Waals surface area (Å²) < 4.78 is 5.92. The lowest BCUT2D eigenvalue weighted by Crippen LogP contribution is -2.22. The number of nitrogens with zero attached hydrogens (tertiary/aromatic N) is 2. The third-order valence-corrected chi connectivity index (χ3v) is 3.11. The Morgan fingerprint density at radius 3 is 2.57 bits per heavy atom. The van der Waals surface area contributed by atoms with Gasteiger partial charge in [-0.3, -0.25) is 4.98 Å². The van der Waals surface area contributed by atoms with Crippen LogP contribution >= 0.6 is 0 Å². The normalized spacial score (nSPS) is 11.1. The molecule has 0 bridgehead atoms. The van der Waals surface area contributed by atoms with E-state index in [1.54, 1.807) is 12.4 Å². The van der Waals surface area contributed by atoms with Gasteiger partial charge in [-0.05, 0) is 17.5 Å². The van der Waals surface area contributed by atoms with Crippen LogP contribution in [0, 0.1) is 0 Å². The molecule has 0 atom stereocenters. The van der Waals surface area contributed by atoms with Crippen LogP contribution in [-0.2, 0) is 6.54 Å². The van der Waals surface area contributed by atoms with Crippen molar-refractivity contribution in [2.45, 2.75) is 46.2 Å². The van der Waals surface area contributed by atoms with Crippen LogP contribution in [0.3, 0.4) is 0 Å². The highest BCUT2D eigenvalue weighted by atomic mass is 16.5. The Kier molecular flexibility index (Phi) is 5.28. The van der Waals surface area contributed by atoms with Gasteiger partial charge >= 0.3 is 0 Å². The molecule has 2 aromatic rings. The third kappa shape index (κ3) is 4.53. The molecule has 0 saturated heterocycles. The first-order valence-electron chi connectivity index (χ1n) is 7.37. The molecular weight excluding hydrogens is 262 g/mol. The molecule has 0 unspecified atom stereocenters. The van der Waals surface area contributed by atoms with Crippen LogP contribution in [0.4, 0.5) is 0 Å². The monoisotopic (exact) mass is 285 g/mol. The highest BCUT2D eigenvalue weighted by molar-refractivity contribution is 5.37. The topological polar surface area (TPSA) is 47.0 Å². The van der Waals surface area contributed by atoms with Crippen LogP contribution < -0.4 is 10.1 Å². The first-order valence-corrected chi connectivity index (χ1v) is 7.37. The van der Waals surface area contributed by atoms with Gasteiger partial charge in [0.2, 0.25) is 5.88 Å². The minimum absolute atomic E-state index is 0.403. The summed E-state index contributed by atoms with van der Waals surface area (Å²) in [6.07, 6.45) is 3.41. The van der Waals surface area contributed by atoms with Crippen LogP contribution in [0.5, 0.6) is 11.6 Å². The Morgan fingerprint density at radius 2 is 1.86 bits per heavy atom. The van der Waals surface area contributed by atoms with Crippen LogP contribution in [0.1, 0.15) is 44.9 Å². The molecule has 4 nitrogen and oxygen atoms in total. The molecule has 0 amide bonds. The van der Waals surface area contributed by atoms with Crippen LogP contribution in [0.25, 0.3) is 0 Å². The lowest BCUT2D eigenvalue weighted by molar-refractivity contribution is 0.447. The van der Waals surface area contributed by atoms with Gasteiger partial charge in [0.15, 0.2) is 0 Å². The fourth-order valence-corrected chi connectivity index (χ4v) is 1.99. The minimum atomic E-state index is 0.403. The van der Waals surface area contributed by atoms with Gasteiger partial charge in [-0.1, -0.05) is 45.9 Å². The zero-order chi connectivity index (χ0) is 15.2. The molecule has 0 aliphatic rings. The predicted molar refractivity (Wildman–Crippen MR) is 84.6 cm³/mol. The highest BCUT2D eigenvalue weighted by Gasteiger charge is 2.09. The van der Waals surface area contributed by atoms with Crippen LogP contribution in [0.15, 0.2) is 36.7 Å². The van der Waals surface area contributed by atoms with Crippen molar-refractivity contribution in [1.29, 1.82) is 0 Å². The summed E-state index contributed by atoms with van der Waals surface area (Å²) in [4.78, 5) is 8.70. The zero-order valence-electron chi connectivity index (χ0n) is 13.1. The summed E-state index contributed by atoms with van der Waals surface area (Å²) in [5.74, 6) is 1.78. The number of ether oxygens (including phenoxy) is 1. The molecule has 0 aliphatic heterocycles. The molecule has 0 saturated carbocycles. The standard InChI is InChI=1S/C17H23N3O/c1-12(2)15-7-5-6-8-16(15)21-17-11-18-9-14(20-17)10-19-13(3)4/h5-9,11-13,19H,10H2,1-4H3. The molecule has 0 radical (unpaired) electrons. The second-order valence-corrected chi connectivity index (χ2v) is 5.68. The molecule has 112 valence electrons. The summed E-state index contributed by atoms with van der Waals surface area (Å²) >= 11 is 0. The maximum Gasteiger partial charge on any atom is 0.238 e. The number of hydrogen-bond acceptors (Lipinski definition) is 4. The number of hydrogen-bond donors (Lipinski definition) is 1. The van der Waals surface area contributed by atoms with Gasteiger partial charge < -0.3 is 10.1 Å². The van der Waals surface area contributed by atoms with Crippen molar-refractivity contribution in [3.63, 3.8) is 0 Å². The SMILES string of the molecule is CC(C)NCc1cncc(Oc2ccccc2C(C)C)n1. The van der Waals surface area contributed by atoms with Crippen molar-refractivity contribution >= 4 is 0 Å². The summed E-state index contributed by atoms with van der Waals surface area (Å²) in [5.41, 5.74) is 2.05. The maximum absolute atomic E-state index is 5.92. The number of aromatic nitrogens is 2. The second kappa shape index (κ2) is 7.18. The number of rotatable bonds is 6. The molecule has 0 spiro atoms. The van der Waals surface area contributed by atoms with Crippen LogP contribution in [0.2, 0.25) is 0 Å². The van der Waals surface area contributed by atoms with E-state index in [2.05, 4.69) is 49.0 Å². The average Bonchev–Trinajstić information content (AvgIpc) is 2.46. The Hall–Kier alpha value is -1.94. The van der Waals surface area contributed by atoms with Crippen molar-refractivity contribution < 1.29 is 4.74 Å². The maximum atomic E-state index is 5.92. The molecule has 0 aliphatic carbocycles. The van der Waals surface area contributed by atoms with E-state index in [0.717, 1.165) is 11.4 Å². The van der Waals surface area contributed by atoms with E-state index in [-0.39, 0.29) is 0 Å². The highest BCUT2D eigenvalue weighted by Crippen LogP contribution is 2.29.